The average Bonchev–Trinajstić information content (AvgIpc) is 3.42. The van der Waals surface area contributed by atoms with Gasteiger partial charge < -0.3 is 14.9 Å². The van der Waals surface area contributed by atoms with Crippen molar-refractivity contribution in [2.75, 3.05) is 13.2 Å². The van der Waals surface area contributed by atoms with Gasteiger partial charge in [-0.2, -0.15) is 0 Å². The van der Waals surface area contributed by atoms with Gasteiger partial charge in [0, 0.05) is 31.0 Å². The van der Waals surface area contributed by atoms with Crippen molar-refractivity contribution in [3.8, 4) is 0 Å². The highest BCUT2D eigenvalue weighted by Gasteiger charge is 2.52. The van der Waals surface area contributed by atoms with Crippen LogP contribution in [0, 0.1) is 11.3 Å². The van der Waals surface area contributed by atoms with Crippen LogP contribution in [0.3, 0.4) is 0 Å². The van der Waals surface area contributed by atoms with Crippen molar-refractivity contribution in [1.29, 1.82) is 0 Å². The zero-order valence-corrected chi connectivity index (χ0v) is 15.3. The molecule has 0 radical (unpaired) electrons. The molecule has 0 amide bonds. The van der Waals surface area contributed by atoms with E-state index < -0.39 is 41.9 Å². The van der Waals surface area contributed by atoms with Crippen molar-refractivity contribution in [1.82, 2.24) is 4.98 Å². The van der Waals surface area contributed by atoms with E-state index in [-0.39, 0.29) is 23.4 Å². The number of aliphatic carboxylic acids is 2. The van der Waals surface area contributed by atoms with Crippen LogP contribution in [-0.4, -0.2) is 51.9 Å². The lowest BCUT2D eigenvalue weighted by molar-refractivity contribution is -0.154. The van der Waals surface area contributed by atoms with Gasteiger partial charge in [-0.15, -0.1) is 0 Å². The molecule has 8 nitrogen and oxygen atoms in total. The molecule has 27 heavy (non-hydrogen) atoms. The topological polar surface area (TPSA) is 131 Å². The average molecular weight is 398 g/mol. The Balaban J connectivity index is 2.30. The molecule has 0 spiro atoms. The number of nitrogens with zero attached hydrogens (tertiary/aromatic N) is 1. The molecule has 0 bridgehead atoms. The lowest BCUT2D eigenvalue weighted by Gasteiger charge is -2.26. The zero-order valence-electron chi connectivity index (χ0n) is 14.5. The van der Waals surface area contributed by atoms with Crippen LogP contribution in [0.5, 0.6) is 0 Å². The van der Waals surface area contributed by atoms with Crippen molar-refractivity contribution < 1.29 is 34.1 Å². The van der Waals surface area contributed by atoms with Gasteiger partial charge in [0.15, 0.2) is 17.0 Å². The maximum absolute atomic E-state index is 13.0. The summed E-state index contributed by atoms with van der Waals surface area (Å²) in [4.78, 5) is 52.3. The van der Waals surface area contributed by atoms with Crippen LogP contribution in [0.1, 0.15) is 42.5 Å². The fourth-order valence-electron chi connectivity index (χ4n) is 2.72. The van der Waals surface area contributed by atoms with Gasteiger partial charge in [0.2, 0.25) is 0 Å². The van der Waals surface area contributed by atoms with Crippen molar-refractivity contribution in [3.05, 3.63) is 29.0 Å². The molecular formula is C18H20ClNO7. The third-order valence-electron chi connectivity index (χ3n) is 4.42. The number of aromatic nitrogens is 1. The summed E-state index contributed by atoms with van der Waals surface area (Å²) in [6.45, 7) is -0.209. The molecule has 0 saturated heterocycles. The summed E-state index contributed by atoms with van der Waals surface area (Å²) in [6, 6.07) is 1.23. The first-order chi connectivity index (χ1) is 12.8. The molecule has 1 unspecified atom stereocenters. The number of hydrogen-bond acceptors (Lipinski definition) is 6. The summed E-state index contributed by atoms with van der Waals surface area (Å²) in [6.07, 6.45) is 3.40. The largest absolute Gasteiger partial charge is 0.481 e. The van der Waals surface area contributed by atoms with Gasteiger partial charge in [-0.05, 0) is 37.7 Å². The summed E-state index contributed by atoms with van der Waals surface area (Å²) < 4.78 is 5.29. The zero-order chi connectivity index (χ0) is 20.0. The number of carbonyl (C=O) groups is 4. The normalized spacial score (nSPS) is 15.7. The highest BCUT2D eigenvalue weighted by Crippen LogP contribution is 2.33. The fourth-order valence-corrected chi connectivity index (χ4v) is 2.89. The minimum absolute atomic E-state index is 0.114. The smallest absolute Gasteiger partial charge is 0.325 e. The fraction of sp³-hybridized carbons (Fsp3) is 0.500. The van der Waals surface area contributed by atoms with E-state index in [0.717, 1.165) is 19.0 Å². The van der Waals surface area contributed by atoms with Crippen LogP contribution in [0.25, 0.3) is 0 Å². The van der Waals surface area contributed by atoms with E-state index in [1.807, 2.05) is 0 Å². The molecular weight excluding hydrogens is 378 g/mol. The molecule has 2 N–H and O–H groups in total. The lowest BCUT2D eigenvalue weighted by Crippen LogP contribution is -2.48. The lowest BCUT2D eigenvalue weighted by atomic mass is 9.73. The van der Waals surface area contributed by atoms with Crippen molar-refractivity contribution >= 4 is 35.1 Å². The van der Waals surface area contributed by atoms with E-state index in [4.69, 9.17) is 21.4 Å². The van der Waals surface area contributed by atoms with Gasteiger partial charge in [-0.1, -0.05) is 11.6 Å². The number of hydrogen-bond donors (Lipinski definition) is 2. The molecule has 0 aliphatic heterocycles. The van der Waals surface area contributed by atoms with Crippen LogP contribution >= 0.6 is 11.6 Å². The summed E-state index contributed by atoms with van der Waals surface area (Å²) in [5.74, 6) is -4.32. The van der Waals surface area contributed by atoms with E-state index in [2.05, 4.69) is 4.98 Å². The standard InChI is InChI=1S/C18H20ClNO7/c19-13-6-12(7-20-8-13)16(24)18(17(25)26,5-1-2-15(22)23)14(21)10-27-9-11-3-4-11/h6-8,11H,1-5,9-10H2,(H,22,23)(H,25,26). The van der Waals surface area contributed by atoms with Gasteiger partial charge in [0.25, 0.3) is 0 Å². The Kier molecular flexibility index (Phi) is 7.04. The first kappa shape index (κ1) is 21.0. The van der Waals surface area contributed by atoms with Gasteiger partial charge in [-0.3, -0.25) is 24.2 Å². The predicted molar refractivity (Wildman–Crippen MR) is 93.7 cm³/mol. The number of carbonyl (C=O) groups excluding carboxylic acids is 2. The Morgan fingerprint density at radius 1 is 1.22 bits per heavy atom. The number of carboxylic acids is 2. The minimum Gasteiger partial charge on any atom is -0.481 e. The minimum atomic E-state index is -2.44. The molecule has 0 aromatic carbocycles. The molecule has 1 aliphatic carbocycles. The molecule has 1 atom stereocenters. The van der Waals surface area contributed by atoms with Gasteiger partial charge in [0.1, 0.15) is 6.61 Å². The third-order valence-corrected chi connectivity index (χ3v) is 4.63. The molecule has 1 fully saturated rings. The Morgan fingerprint density at radius 3 is 2.48 bits per heavy atom. The van der Waals surface area contributed by atoms with Crippen molar-refractivity contribution in [3.63, 3.8) is 0 Å². The summed E-state index contributed by atoms with van der Waals surface area (Å²) in [5.41, 5.74) is -2.57. The number of halogens is 1. The maximum Gasteiger partial charge on any atom is 0.325 e. The molecule has 1 aromatic heterocycles. The summed E-state index contributed by atoms with van der Waals surface area (Å²) >= 11 is 5.82. The quantitative estimate of drug-likeness (QED) is 0.405. The van der Waals surface area contributed by atoms with Gasteiger partial charge >= 0.3 is 11.9 Å². The maximum atomic E-state index is 13.0. The number of Topliss-reactive ketones (excluding diaryl/α,β-unsaturated/α-hetero) is 2. The molecule has 1 aliphatic rings. The van der Waals surface area contributed by atoms with E-state index in [0.29, 0.717) is 12.5 Å². The SMILES string of the molecule is O=C(O)CCCC(C(=O)O)(C(=O)COCC1CC1)C(=O)c1cncc(Cl)c1. The molecule has 1 aromatic rings. The Morgan fingerprint density at radius 2 is 1.93 bits per heavy atom. The van der Waals surface area contributed by atoms with Crippen LogP contribution in [0.4, 0.5) is 0 Å². The van der Waals surface area contributed by atoms with Crippen LogP contribution in [0.2, 0.25) is 5.02 Å². The Hall–Kier alpha value is -2.32. The Bertz CT molecular complexity index is 747. The second-order valence-electron chi connectivity index (χ2n) is 6.56. The number of carboxylic acid groups (broad SMARTS) is 2. The van der Waals surface area contributed by atoms with E-state index in [9.17, 15) is 24.3 Å². The molecule has 146 valence electrons. The van der Waals surface area contributed by atoms with Gasteiger partial charge in [-0.25, -0.2) is 0 Å². The monoisotopic (exact) mass is 397 g/mol. The first-order valence-electron chi connectivity index (χ1n) is 8.49. The summed E-state index contributed by atoms with van der Waals surface area (Å²) in [7, 11) is 0. The van der Waals surface area contributed by atoms with Crippen LogP contribution in [0.15, 0.2) is 18.5 Å². The highest BCUT2D eigenvalue weighted by molar-refractivity contribution is 6.32. The molecule has 1 heterocycles. The number of rotatable bonds is 12. The molecule has 1 saturated carbocycles. The Labute approximate surface area is 160 Å². The van der Waals surface area contributed by atoms with Crippen LogP contribution < -0.4 is 0 Å². The summed E-state index contributed by atoms with van der Waals surface area (Å²) in [5, 5.41) is 18.7. The van der Waals surface area contributed by atoms with Crippen molar-refractivity contribution in [2.45, 2.75) is 32.1 Å². The number of ketones is 2. The van der Waals surface area contributed by atoms with Crippen LogP contribution in [-0.2, 0) is 19.1 Å². The second-order valence-corrected chi connectivity index (χ2v) is 7.00. The number of pyridine rings is 1. The highest BCUT2D eigenvalue weighted by atomic mass is 35.5. The van der Waals surface area contributed by atoms with Crippen molar-refractivity contribution in [2.24, 2.45) is 11.3 Å². The third kappa shape index (κ3) is 5.33. The van der Waals surface area contributed by atoms with E-state index >= 15 is 0 Å². The molecule has 9 heteroatoms. The van der Waals surface area contributed by atoms with E-state index in [1.165, 1.54) is 12.3 Å². The van der Waals surface area contributed by atoms with Gasteiger partial charge in [0.05, 0.1) is 5.02 Å². The first-order valence-corrected chi connectivity index (χ1v) is 8.86. The predicted octanol–water partition coefficient (Wildman–Crippen LogP) is 2.24. The number of ether oxygens (including phenoxy) is 1. The second kappa shape index (κ2) is 9.05. The molecule has 2 rings (SSSR count). The van der Waals surface area contributed by atoms with E-state index in [1.54, 1.807) is 0 Å².